The van der Waals surface area contributed by atoms with E-state index in [0.717, 1.165) is 18.4 Å². The van der Waals surface area contributed by atoms with Crippen LogP contribution in [0.4, 0.5) is 36.6 Å². The number of aromatic nitrogens is 5. The van der Waals surface area contributed by atoms with E-state index in [1.807, 2.05) is 0 Å². The van der Waals surface area contributed by atoms with Crippen molar-refractivity contribution in [1.29, 1.82) is 0 Å². The third-order valence-electron chi connectivity index (χ3n) is 11.0. The van der Waals surface area contributed by atoms with E-state index in [4.69, 9.17) is 16.6 Å². The number of carbonyl (C=O) groups is 2. The third kappa shape index (κ3) is 8.00. The molecule has 4 atom stereocenters. The molecule has 3 aromatic heterocycles. The molecule has 2 N–H and O–H groups in total. The summed E-state index contributed by atoms with van der Waals surface area (Å²) in [6.45, 7) is 0.822. The van der Waals surface area contributed by atoms with Gasteiger partial charge in [0.2, 0.25) is 21.8 Å². The van der Waals surface area contributed by atoms with Crippen molar-refractivity contribution in [2.75, 3.05) is 17.5 Å². The number of pyridine rings is 1. The monoisotopic (exact) mass is 890 g/mol. The predicted molar refractivity (Wildman–Crippen MR) is 208 cm³/mol. The van der Waals surface area contributed by atoms with Crippen LogP contribution in [-0.4, -0.2) is 68.5 Å². The molecular weight excluding hydrogens is 857 g/mol. The maximum atomic E-state index is 15.5. The van der Waals surface area contributed by atoms with E-state index in [0.29, 0.717) is 35.7 Å². The number of alkyl halides is 5. The van der Waals surface area contributed by atoms with Crippen LogP contribution in [0.2, 0.25) is 5.02 Å². The molecule has 1 unspecified atom stereocenters. The number of amides is 2. The number of carbonyl (C=O) groups excluding carboxylic acids is 2. The summed E-state index contributed by atoms with van der Waals surface area (Å²) in [4.78, 5) is 32.7. The Hall–Kier alpha value is -5.68. The number of hydrogen-bond acceptors (Lipinski definition) is 7. The number of fused-ring (bicyclic) bond motifs is 4. The lowest BCUT2D eigenvalue weighted by molar-refractivity contribution is -0.142. The minimum atomic E-state index is -5.09. The van der Waals surface area contributed by atoms with E-state index in [9.17, 15) is 40.0 Å². The summed E-state index contributed by atoms with van der Waals surface area (Å²) in [6.07, 6.45) is -3.43. The highest BCUT2D eigenvalue weighted by Crippen LogP contribution is 2.68. The van der Waals surface area contributed by atoms with Crippen molar-refractivity contribution in [2.24, 2.45) is 13.0 Å². The van der Waals surface area contributed by atoms with Crippen LogP contribution in [0.1, 0.15) is 72.0 Å². The van der Waals surface area contributed by atoms with Crippen LogP contribution >= 0.6 is 11.6 Å². The smallest absolute Gasteiger partial charge is 0.346 e. The third-order valence-corrected chi connectivity index (χ3v) is 11.9. The highest BCUT2D eigenvalue weighted by atomic mass is 35.5. The number of sulfonamides is 1. The standard InChI is InChI=1S/C40H34ClF7N8O4S/c1-19(57)55-12-4-5-24(55)8-6-23-7-9-25(26-10-11-29(41)33-35(26)54(2)52-38(33)53-61(3,59)60)34(49-23)30(15-20-13-21(42)16-22(43)14-20)50-31(58)18-56-37-32(36(51-56)40(46,47)48)27-17-28(27)39(37,44)45/h7,9-11,13-14,16,24,27-28,30H,4-5,12,15,17-18H2,1-3H3,(H,50,58)(H,52,53)/t24?,27-,28+,30-/m0/s1. The summed E-state index contributed by atoms with van der Waals surface area (Å²) in [7, 11) is -2.35. The summed E-state index contributed by atoms with van der Waals surface area (Å²) in [6, 6.07) is 6.90. The van der Waals surface area contributed by atoms with Crippen molar-refractivity contribution in [3.63, 3.8) is 0 Å². The fourth-order valence-corrected chi connectivity index (χ4v) is 9.22. The molecule has 3 aliphatic rings. The van der Waals surface area contributed by atoms with Crippen molar-refractivity contribution < 1.29 is 48.7 Å². The molecule has 2 aliphatic carbocycles. The predicted octanol–water partition coefficient (Wildman–Crippen LogP) is 6.83. The van der Waals surface area contributed by atoms with Crippen molar-refractivity contribution in [3.8, 4) is 23.0 Å². The fraction of sp³-hybridized carbons (Fsp3) is 0.375. The van der Waals surface area contributed by atoms with Gasteiger partial charge in [-0.15, -0.1) is 0 Å². The van der Waals surface area contributed by atoms with Gasteiger partial charge in [0.25, 0.3) is 5.92 Å². The van der Waals surface area contributed by atoms with Gasteiger partial charge in [0.15, 0.2) is 11.5 Å². The number of rotatable bonds is 9. The zero-order valence-electron chi connectivity index (χ0n) is 32.3. The molecule has 0 spiro atoms. The lowest BCUT2D eigenvalue weighted by Crippen LogP contribution is -2.35. The largest absolute Gasteiger partial charge is 0.435 e. The Kier molecular flexibility index (Phi) is 10.4. The van der Waals surface area contributed by atoms with Gasteiger partial charge >= 0.3 is 6.18 Å². The zero-order valence-corrected chi connectivity index (χ0v) is 33.9. The second kappa shape index (κ2) is 15.0. The maximum absolute atomic E-state index is 15.5. The number of likely N-dealkylation sites (tertiary alicyclic amines) is 1. The molecule has 2 fully saturated rings. The Morgan fingerprint density at radius 1 is 1.07 bits per heavy atom. The fourth-order valence-electron chi connectivity index (χ4n) is 8.48. The van der Waals surface area contributed by atoms with Crippen LogP contribution < -0.4 is 10.0 Å². The van der Waals surface area contributed by atoms with Crippen molar-refractivity contribution in [1.82, 2.24) is 34.8 Å². The molecule has 5 aromatic rings. The number of benzene rings is 2. The summed E-state index contributed by atoms with van der Waals surface area (Å²) < 4.78 is 131. The van der Waals surface area contributed by atoms with Gasteiger partial charge in [0.1, 0.15) is 29.6 Å². The average molecular weight is 891 g/mol. The van der Waals surface area contributed by atoms with Gasteiger partial charge in [-0.1, -0.05) is 23.6 Å². The topological polar surface area (TPSA) is 144 Å². The van der Waals surface area contributed by atoms with Gasteiger partial charge in [-0.25, -0.2) is 22.2 Å². The molecule has 320 valence electrons. The number of aryl methyl sites for hydroxylation is 1. The summed E-state index contributed by atoms with van der Waals surface area (Å²) in [5.41, 5.74) is -2.19. The first kappa shape index (κ1) is 42.0. The Balaban J connectivity index is 1.28. The van der Waals surface area contributed by atoms with E-state index in [2.05, 4.69) is 32.1 Å². The van der Waals surface area contributed by atoms with Crippen molar-refractivity contribution in [3.05, 3.63) is 93.0 Å². The molecule has 4 heterocycles. The minimum absolute atomic E-state index is 0.00229. The van der Waals surface area contributed by atoms with E-state index < -0.39 is 93.5 Å². The number of nitrogens with one attached hydrogen (secondary N) is 2. The van der Waals surface area contributed by atoms with Crippen molar-refractivity contribution >= 4 is 50.2 Å². The second-order valence-electron chi connectivity index (χ2n) is 15.4. The summed E-state index contributed by atoms with van der Waals surface area (Å²) in [5.74, 6) is -3.42. The molecule has 1 saturated carbocycles. The first-order valence-electron chi connectivity index (χ1n) is 18.8. The summed E-state index contributed by atoms with van der Waals surface area (Å²) >= 11 is 6.60. The van der Waals surface area contributed by atoms with Gasteiger partial charge in [-0.05, 0) is 73.4 Å². The Morgan fingerprint density at radius 3 is 2.44 bits per heavy atom. The van der Waals surface area contributed by atoms with Gasteiger partial charge in [-0.3, -0.25) is 23.7 Å². The zero-order chi connectivity index (χ0) is 43.9. The number of halogens is 8. The van der Waals surface area contributed by atoms with E-state index >= 15 is 8.78 Å². The number of nitrogens with zero attached hydrogens (tertiary/aromatic N) is 6. The second-order valence-corrected chi connectivity index (χ2v) is 17.5. The lowest BCUT2D eigenvalue weighted by Gasteiger charge is -2.23. The first-order valence-corrected chi connectivity index (χ1v) is 21.1. The number of hydrogen-bond donors (Lipinski definition) is 2. The van der Waals surface area contributed by atoms with Crippen molar-refractivity contribution in [2.45, 2.75) is 69.3 Å². The minimum Gasteiger partial charge on any atom is -0.346 e. The van der Waals surface area contributed by atoms with Crippen LogP contribution in [0.25, 0.3) is 22.0 Å². The molecule has 0 radical (unpaired) electrons. The first-order chi connectivity index (χ1) is 28.6. The molecule has 0 bridgehead atoms. The van der Waals surface area contributed by atoms with Gasteiger partial charge in [0.05, 0.1) is 40.0 Å². The Bertz CT molecular complexity index is 2810. The quantitative estimate of drug-likeness (QED) is 0.122. The van der Waals surface area contributed by atoms with Crippen LogP contribution in [0, 0.1) is 29.4 Å². The molecule has 8 rings (SSSR count). The molecule has 12 nitrogen and oxygen atoms in total. The average Bonchev–Trinajstić information content (AvgIpc) is 3.37. The normalized spacial score (nSPS) is 19.6. The molecule has 2 amide bonds. The lowest BCUT2D eigenvalue weighted by atomic mass is 9.93. The highest BCUT2D eigenvalue weighted by Gasteiger charge is 2.68. The van der Waals surface area contributed by atoms with Gasteiger partial charge < -0.3 is 10.2 Å². The Morgan fingerprint density at radius 2 is 1.77 bits per heavy atom. The summed E-state index contributed by atoms with van der Waals surface area (Å²) in [5, 5.41) is 10.7. The molecule has 2 aromatic carbocycles. The number of anilines is 1. The maximum Gasteiger partial charge on any atom is 0.435 e. The van der Waals surface area contributed by atoms with E-state index in [1.54, 1.807) is 17.0 Å². The highest BCUT2D eigenvalue weighted by molar-refractivity contribution is 7.92. The SMILES string of the molecule is CC(=O)N1CCCC1C#Cc1ccc(-c2ccc(Cl)c3c(NS(C)(=O)=O)nn(C)c23)c([C@H](Cc2cc(F)cc(F)c2)NC(=O)Cn2nc(C(F)(F)F)c3c2C(F)(F)[C@@H]2C[C@H]32)n1. The molecule has 61 heavy (non-hydrogen) atoms. The van der Waals surface area contributed by atoms with E-state index in [-0.39, 0.29) is 56.6 Å². The van der Waals surface area contributed by atoms with E-state index in [1.165, 1.54) is 30.8 Å². The van der Waals surface area contributed by atoms with Crippen LogP contribution in [0.3, 0.4) is 0 Å². The van der Waals surface area contributed by atoms with Crippen LogP contribution in [0.15, 0.2) is 42.5 Å². The molecule has 1 saturated heterocycles. The van der Waals surface area contributed by atoms with Crippen LogP contribution in [0.5, 0.6) is 0 Å². The van der Waals surface area contributed by atoms with Crippen LogP contribution in [-0.2, 0) is 51.7 Å². The molecule has 1 aliphatic heterocycles. The molecular formula is C40H34ClF7N8O4S. The Labute approximate surface area is 348 Å². The van der Waals surface area contributed by atoms with Gasteiger partial charge in [0, 0.05) is 49.2 Å². The van der Waals surface area contributed by atoms with Gasteiger partial charge in [-0.2, -0.15) is 32.1 Å². The molecule has 21 heteroatoms.